The molecule has 2 aromatic carbocycles. The van der Waals surface area contributed by atoms with Crippen molar-refractivity contribution in [2.45, 2.75) is 12.8 Å². The van der Waals surface area contributed by atoms with Crippen molar-refractivity contribution in [3.05, 3.63) is 65.2 Å². The van der Waals surface area contributed by atoms with E-state index < -0.39 is 24.0 Å². The molecule has 142 valence electrons. The molecule has 0 saturated heterocycles. The summed E-state index contributed by atoms with van der Waals surface area (Å²) < 4.78 is 5.70. The van der Waals surface area contributed by atoms with E-state index in [1.165, 1.54) is 0 Å². The Labute approximate surface area is 158 Å². The third-order valence-electron chi connectivity index (χ3n) is 3.95. The van der Waals surface area contributed by atoms with Gasteiger partial charge in [-0.05, 0) is 43.8 Å². The number of carboxylic acids is 1. The third-order valence-corrected chi connectivity index (χ3v) is 3.95. The van der Waals surface area contributed by atoms with E-state index in [1.807, 2.05) is 55.4 Å². The topological polar surface area (TPSA) is 83.9 Å². The molecule has 0 bridgehead atoms. The summed E-state index contributed by atoms with van der Waals surface area (Å²) in [5.74, 6) is -2.94. The zero-order chi connectivity index (χ0) is 19.8. The van der Waals surface area contributed by atoms with E-state index in [9.17, 15) is 14.4 Å². The number of ketones is 2. The molecule has 27 heavy (non-hydrogen) atoms. The molecule has 2 rings (SSSR count). The van der Waals surface area contributed by atoms with E-state index in [-0.39, 0.29) is 5.56 Å². The van der Waals surface area contributed by atoms with Crippen LogP contribution in [0.15, 0.2) is 48.5 Å². The quantitative estimate of drug-likeness (QED) is 0.393. The highest BCUT2D eigenvalue weighted by Gasteiger charge is 2.21. The maximum Gasteiger partial charge on any atom is 0.372 e. The van der Waals surface area contributed by atoms with Gasteiger partial charge in [0, 0.05) is 6.54 Å². The second-order valence-corrected chi connectivity index (χ2v) is 6.47. The van der Waals surface area contributed by atoms with Crippen LogP contribution in [0.3, 0.4) is 0 Å². The molecule has 0 aromatic heterocycles. The average molecular weight is 369 g/mol. The Hall–Kier alpha value is -2.99. The summed E-state index contributed by atoms with van der Waals surface area (Å²) in [5.41, 5.74) is 2.20. The van der Waals surface area contributed by atoms with Gasteiger partial charge >= 0.3 is 5.97 Å². The summed E-state index contributed by atoms with van der Waals surface area (Å²) in [6.45, 7) is 1.03. The van der Waals surface area contributed by atoms with E-state index in [2.05, 4.69) is 0 Å². The van der Waals surface area contributed by atoms with Crippen LogP contribution >= 0.6 is 0 Å². The molecule has 0 aliphatic rings. The fraction of sp³-hybridized carbons (Fsp3) is 0.286. The van der Waals surface area contributed by atoms with Gasteiger partial charge in [-0.2, -0.15) is 0 Å². The fourth-order valence-electron chi connectivity index (χ4n) is 2.52. The Morgan fingerprint density at radius 3 is 2.33 bits per heavy atom. The summed E-state index contributed by atoms with van der Waals surface area (Å²) in [5, 5.41) is 8.76. The largest absolute Gasteiger partial charge is 0.491 e. The van der Waals surface area contributed by atoms with Crippen LogP contribution in [0.25, 0.3) is 0 Å². The van der Waals surface area contributed by atoms with Crippen LogP contribution in [0.5, 0.6) is 5.75 Å². The number of Topliss-reactive ketones (excluding diaryl/α,β-unsaturated/α-hetero) is 2. The van der Waals surface area contributed by atoms with E-state index >= 15 is 0 Å². The second kappa shape index (κ2) is 9.64. The van der Waals surface area contributed by atoms with Gasteiger partial charge in [-0.15, -0.1) is 0 Å². The Balaban J connectivity index is 2.25. The second-order valence-electron chi connectivity index (χ2n) is 6.47. The van der Waals surface area contributed by atoms with Crippen molar-refractivity contribution in [1.82, 2.24) is 4.90 Å². The Kier molecular flexibility index (Phi) is 7.25. The number of hydrogen-bond donors (Lipinski definition) is 1. The standard InChI is InChI=1S/C21H23NO5/c1-22(2)10-11-27-20-9-8-16(12-15-6-4-3-5-7-15)13-17(20)18(23)14-19(24)21(25)26/h3-9,13H,10-12,14H2,1-2H3,(H,25,26). The molecular formula is C21H23NO5. The van der Waals surface area contributed by atoms with Gasteiger partial charge in [0.2, 0.25) is 5.78 Å². The van der Waals surface area contributed by atoms with Crippen molar-refractivity contribution in [3.8, 4) is 5.75 Å². The lowest BCUT2D eigenvalue weighted by atomic mass is 9.98. The zero-order valence-corrected chi connectivity index (χ0v) is 15.5. The number of benzene rings is 2. The monoisotopic (exact) mass is 369 g/mol. The van der Waals surface area contributed by atoms with Gasteiger partial charge in [0.25, 0.3) is 0 Å². The number of likely N-dealkylation sites (N-methyl/N-ethyl adjacent to an activating group) is 1. The van der Waals surface area contributed by atoms with Crippen LogP contribution in [0.4, 0.5) is 0 Å². The smallest absolute Gasteiger partial charge is 0.372 e. The van der Waals surface area contributed by atoms with Crippen LogP contribution in [0.1, 0.15) is 27.9 Å². The molecule has 0 radical (unpaired) electrons. The van der Waals surface area contributed by atoms with Gasteiger partial charge in [0.05, 0.1) is 12.0 Å². The van der Waals surface area contributed by atoms with Crippen molar-refractivity contribution in [3.63, 3.8) is 0 Å². The minimum atomic E-state index is -1.61. The average Bonchev–Trinajstić information content (AvgIpc) is 2.63. The van der Waals surface area contributed by atoms with Crippen molar-refractivity contribution >= 4 is 17.5 Å². The van der Waals surface area contributed by atoms with Gasteiger partial charge in [-0.25, -0.2) is 4.79 Å². The molecule has 2 aromatic rings. The first-order valence-electron chi connectivity index (χ1n) is 8.60. The number of carboxylic acid groups (broad SMARTS) is 1. The summed E-state index contributed by atoms with van der Waals surface area (Å²) in [6.07, 6.45) is -0.0693. The van der Waals surface area contributed by atoms with Crippen LogP contribution < -0.4 is 4.74 Å². The predicted molar refractivity (Wildman–Crippen MR) is 101 cm³/mol. The molecule has 6 heteroatoms. The molecule has 0 aliphatic heterocycles. The highest BCUT2D eigenvalue weighted by molar-refractivity contribution is 6.37. The Morgan fingerprint density at radius 2 is 1.70 bits per heavy atom. The molecule has 0 fully saturated rings. The van der Waals surface area contributed by atoms with E-state index in [0.717, 1.165) is 11.1 Å². The molecule has 0 amide bonds. The summed E-state index contributed by atoms with van der Waals surface area (Å²) in [6, 6.07) is 15.0. The molecule has 0 atom stereocenters. The highest BCUT2D eigenvalue weighted by Crippen LogP contribution is 2.24. The van der Waals surface area contributed by atoms with Gasteiger partial charge in [-0.1, -0.05) is 36.4 Å². The number of rotatable bonds is 10. The first kappa shape index (κ1) is 20.3. The van der Waals surface area contributed by atoms with Gasteiger partial charge in [0.1, 0.15) is 12.4 Å². The lowest BCUT2D eigenvalue weighted by Crippen LogP contribution is -2.21. The van der Waals surface area contributed by atoms with Gasteiger partial charge in [0.15, 0.2) is 5.78 Å². The molecule has 0 saturated carbocycles. The normalized spacial score (nSPS) is 10.6. The first-order valence-corrected chi connectivity index (χ1v) is 8.60. The summed E-state index contributed by atoms with van der Waals surface area (Å²) >= 11 is 0. The highest BCUT2D eigenvalue weighted by atomic mass is 16.5. The molecule has 0 heterocycles. The fourth-order valence-corrected chi connectivity index (χ4v) is 2.52. The Morgan fingerprint density at radius 1 is 1.00 bits per heavy atom. The number of ether oxygens (including phenoxy) is 1. The van der Waals surface area contributed by atoms with Crippen LogP contribution in [-0.4, -0.2) is 54.8 Å². The number of carbonyl (C=O) groups excluding carboxylic acids is 2. The van der Waals surface area contributed by atoms with Gasteiger partial charge in [-0.3, -0.25) is 9.59 Å². The van der Waals surface area contributed by atoms with Gasteiger partial charge < -0.3 is 14.7 Å². The van der Waals surface area contributed by atoms with E-state index in [1.54, 1.807) is 12.1 Å². The summed E-state index contributed by atoms with van der Waals surface area (Å²) in [4.78, 5) is 36.7. The van der Waals surface area contributed by atoms with Crippen molar-refractivity contribution in [1.29, 1.82) is 0 Å². The minimum Gasteiger partial charge on any atom is -0.491 e. The van der Waals surface area contributed by atoms with Crippen molar-refractivity contribution < 1.29 is 24.2 Å². The zero-order valence-electron chi connectivity index (χ0n) is 15.5. The van der Waals surface area contributed by atoms with E-state index in [4.69, 9.17) is 9.84 Å². The first-order chi connectivity index (χ1) is 12.9. The molecular weight excluding hydrogens is 346 g/mol. The molecule has 6 nitrogen and oxygen atoms in total. The molecule has 1 N–H and O–H groups in total. The van der Waals surface area contributed by atoms with Crippen LogP contribution in [-0.2, 0) is 16.0 Å². The summed E-state index contributed by atoms with van der Waals surface area (Å²) in [7, 11) is 3.81. The Bertz CT molecular complexity index is 815. The predicted octanol–water partition coefficient (Wildman–Crippen LogP) is 2.44. The van der Waals surface area contributed by atoms with Crippen molar-refractivity contribution in [2.75, 3.05) is 27.2 Å². The number of carbonyl (C=O) groups is 3. The molecule has 0 spiro atoms. The lowest BCUT2D eigenvalue weighted by Gasteiger charge is -2.14. The maximum absolute atomic E-state index is 12.5. The van der Waals surface area contributed by atoms with Crippen molar-refractivity contribution in [2.24, 2.45) is 0 Å². The van der Waals surface area contributed by atoms with E-state index in [0.29, 0.717) is 25.3 Å². The molecule has 0 aliphatic carbocycles. The lowest BCUT2D eigenvalue weighted by molar-refractivity contribution is -0.148. The number of nitrogens with zero attached hydrogens (tertiary/aromatic N) is 1. The SMILES string of the molecule is CN(C)CCOc1ccc(Cc2ccccc2)cc1C(=O)CC(=O)C(=O)O. The molecule has 0 unspecified atom stereocenters. The number of hydrogen-bond acceptors (Lipinski definition) is 5. The number of aliphatic carboxylic acids is 1. The maximum atomic E-state index is 12.5. The third kappa shape index (κ3) is 6.34. The van der Waals surface area contributed by atoms with Crippen LogP contribution in [0.2, 0.25) is 0 Å². The minimum absolute atomic E-state index is 0.233. The van der Waals surface area contributed by atoms with Crippen LogP contribution in [0, 0.1) is 0 Å².